The highest BCUT2D eigenvalue weighted by molar-refractivity contribution is 5.98. The maximum atomic E-state index is 11.6. The Kier molecular flexibility index (Phi) is 2.71. The highest BCUT2D eigenvalue weighted by Gasteiger charge is 2.14. The molecular formula is C13H12O4. The first-order valence-corrected chi connectivity index (χ1v) is 5.33. The van der Waals surface area contributed by atoms with Gasteiger partial charge in [-0.2, -0.15) is 0 Å². The molecule has 1 N–H and O–H groups in total. The van der Waals surface area contributed by atoms with Crippen molar-refractivity contribution in [3.05, 3.63) is 39.2 Å². The first kappa shape index (κ1) is 11.4. The number of phenols is 1. The van der Waals surface area contributed by atoms with Gasteiger partial charge in [0.15, 0.2) is 11.9 Å². The number of carbonyl (C=O) groups is 1. The van der Waals surface area contributed by atoms with Crippen molar-refractivity contribution in [2.45, 2.75) is 20.3 Å². The number of carbonyl (C=O) groups excluding carboxylic acids is 1. The summed E-state index contributed by atoms with van der Waals surface area (Å²) in [5, 5.41) is 10.2. The van der Waals surface area contributed by atoms with E-state index < -0.39 is 5.63 Å². The van der Waals surface area contributed by atoms with E-state index in [1.165, 1.54) is 6.07 Å². The van der Waals surface area contributed by atoms with Crippen LogP contribution in [0.25, 0.3) is 11.0 Å². The molecule has 2 rings (SSSR count). The van der Waals surface area contributed by atoms with Gasteiger partial charge in [0.25, 0.3) is 0 Å². The fourth-order valence-electron chi connectivity index (χ4n) is 2.00. The molecule has 0 spiro atoms. The van der Waals surface area contributed by atoms with Crippen LogP contribution in [0.4, 0.5) is 0 Å². The summed E-state index contributed by atoms with van der Waals surface area (Å²) in [7, 11) is 0. The molecule has 4 nitrogen and oxygen atoms in total. The molecule has 0 saturated heterocycles. The Morgan fingerprint density at radius 1 is 1.41 bits per heavy atom. The second kappa shape index (κ2) is 4.05. The predicted molar refractivity (Wildman–Crippen MR) is 63.7 cm³/mol. The van der Waals surface area contributed by atoms with Gasteiger partial charge in [-0.1, -0.05) is 6.92 Å². The van der Waals surface area contributed by atoms with Crippen LogP contribution in [0.1, 0.15) is 28.4 Å². The zero-order valence-electron chi connectivity index (χ0n) is 9.61. The lowest BCUT2D eigenvalue weighted by atomic mass is 10.0. The summed E-state index contributed by atoms with van der Waals surface area (Å²) in [6, 6.07) is 3.09. The molecule has 0 aliphatic heterocycles. The van der Waals surface area contributed by atoms with Crippen LogP contribution < -0.4 is 5.63 Å². The van der Waals surface area contributed by atoms with Crippen molar-refractivity contribution in [3.63, 3.8) is 0 Å². The van der Waals surface area contributed by atoms with Crippen LogP contribution in [0.5, 0.6) is 5.75 Å². The number of rotatable bonds is 2. The second-order valence-electron chi connectivity index (χ2n) is 3.84. The van der Waals surface area contributed by atoms with Crippen molar-refractivity contribution in [2.75, 3.05) is 0 Å². The van der Waals surface area contributed by atoms with Crippen LogP contribution in [0.2, 0.25) is 0 Å². The smallest absolute Gasteiger partial charge is 0.339 e. The molecule has 0 aliphatic carbocycles. The lowest BCUT2D eigenvalue weighted by molar-refractivity contribution is 0.112. The summed E-state index contributed by atoms with van der Waals surface area (Å²) in [6.07, 6.45) is 1.16. The van der Waals surface area contributed by atoms with Crippen LogP contribution in [0.15, 0.2) is 21.3 Å². The molecule has 2 aromatic rings. The summed E-state index contributed by atoms with van der Waals surface area (Å²) in [5.74, 6) is -0.179. The first-order valence-electron chi connectivity index (χ1n) is 5.33. The van der Waals surface area contributed by atoms with E-state index in [0.29, 0.717) is 23.7 Å². The molecule has 4 heteroatoms. The molecular weight excluding hydrogens is 220 g/mol. The van der Waals surface area contributed by atoms with Gasteiger partial charge in [-0.3, -0.25) is 4.79 Å². The summed E-state index contributed by atoms with van der Waals surface area (Å²) in [6.45, 7) is 3.62. The number of benzene rings is 1. The maximum Gasteiger partial charge on any atom is 0.339 e. The third kappa shape index (κ3) is 1.62. The van der Waals surface area contributed by atoms with Gasteiger partial charge in [0.2, 0.25) is 0 Å². The maximum absolute atomic E-state index is 11.6. The van der Waals surface area contributed by atoms with Crippen LogP contribution in [-0.4, -0.2) is 11.4 Å². The number of phenolic OH excluding ortho intramolecular Hbond substituents is 1. The number of fused-ring (bicyclic) bond motifs is 1. The van der Waals surface area contributed by atoms with Crippen molar-refractivity contribution in [1.82, 2.24) is 0 Å². The van der Waals surface area contributed by atoms with Gasteiger partial charge >= 0.3 is 5.63 Å². The number of aromatic hydroxyl groups is 1. The van der Waals surface area contributed by atoms with Crippen LogP contribution in [0.3, 0.4) is 0 Å². The van der Waals surface area contributed by atoms with Crippen molar-refractivity contribution in [1.29, 1.82) is 0 Å². The van der Waals surface area contributed by atoms with E-state index in [2.05, 4.69) is 0 Å². The first-order chi connectivity index (χ1) is 8.10. The standard InChI is InChI=1S/C13H12O4/c1-3-8-7(2)13(16)17-12-9(8)4-5-11(15)10(12)6-14/h4-6,15H,3H2,1-2H3. The van der Waals surface area contributed by atoms with Gasteiger partial charge < -0.3 is 9.52 Å². The largest absolute Gasteiger partial charge is 0.507 e. The summed E-state index contributed by atoms with van der Waals surface area (Å²) >= 11 is 0. The molecule has 0 aliphatic rings. The molecule has 0 unspecified atom stereocenters. The average Bonchev–Trinajstić information content (AvgIpc) is 2.31. The Morgan fingerprint density at radius 3 is 2.71 bits per heavy atom. The van der Waals surface area contributed by atoms with Crippen molar-refractivity contribution in [2.24, 2.45) is 0 Å². The van der Waals surface area contributed by atoms with E-state index in [0.717, 1.165) is 5.56 Å². The Balaban J connectivity index is 3.04. The van der Waals surface area contributed by atoms with E-state index >= 15 is 0 Å². The van der Waals surface area contributed by atoms with Crippen molar-refractivity contribution in [3.8, 4) is 5.75 Å². The molecule has 0 bridgehead atoms. The van der Waals surface area contributed by atoms with E-state index in [4.69, 9.17) is 4.42 Å². The monoisotopic (exact) mass is 232 g/mol. The second-order valence-corrected chi connectivity index (χ2v) is 3.84. The Hall–Kier alpha value is -2.10. The highest BCUT2D eigenvalue weighted by atomic mass is 16.4. The minimum Gasteiger partial charge on any atom is -0.507 e. The molecule has 1 heterocycles. The number of hydrogen-bond acceptors (Lipinski definition) is 4. The van der Waals surface area contributed by atoms with Gasteiger partial charge in [-0.25, -0.2) is 4.79 Å². The summed E-state index contributed by atoms with van der Waals surface area (Å²) in [4.78, 5) is 22.5. The lowest BCUT2D eigenvalue weighted by Gasteiger charge is -2.08. The van der Waals surface area contributed by atoms with Crippen LogP contribution >= 0.6 is 0 Å². The zero-order chi connectivity index (χ0) is 12.6. The molecule has 88 valence electrons. The van der Waals surface area contributed by atoms with Gasteiger partial charge in [-0.05, 0) is 31.0 Å². The quantitative estimate of drug-likeness (QED) is 0.636. The molecule has 0 fully saturated rings. The molecule has 0 amide bonds. The van der Waals surface area contributed by atoms with Crippen LogP contribution in [0, 0.1) is 6.92 Å². The fourth-order valence-corrected chi connectivity index (χ4v) is 2.00. The van der Waals surface area contributed by atoms with Crippen molar-refractivity contribution >= 4 is 17.3 Å². The fraction of sp³-hybridized carbons (Fsp3) is 0.231. The van der Waals surface area contributed by atoms with E-state index in [1.807, 2.05) is 6.92 Å². The third-order valence-electron chi connectivity index (χ3n) is 2.92. The number of hydrogen-bond donors (Lipinski definition) is 1. The minimum atomic E-state index is -0.469. The SMILES string of the molecule is CCc1c(C)c(=O)oc2c(C=O)c(O)ccc12. The molecule has 0 radical (unpaired) electrons. The Morgan fingerprint density at radius 2 is 2.12 bits per heavy atom. The average molecular weight is 232 g/mol. The molecule has 17 heavy (non-hydrogen) atoms. The Labute approximate surface area is 97.5 Å². The van der Waals surface area contributed by atoms with Crippen LogP contribution in [-0.2, 0) is 6.42 Å². The molecule has 0 atom stereocenters. The van der Waals surface area contributed by atoms with Gasteiger partial charge in [0.1, 0.15) is 5.75 Å². The van der Waals surface area contributed by atoms with Gasteiger partial charge in [0, 0.05) is 10.9 Å². The zero-order valence-corrected chi connectivity index (χ0v) is 9.61. The predicted octanol–water partition coefficient (Wildman–Crippen LogP) is 2.18. The molecule has 1 aromatic heterocycles. The van der Waals surface area contributed by atoms with Crippen molar-refractivity contribution < 1.29 is 14.3 Å². The molecule has 0 saturated carbocycles. The highest BCUT2D eigenvalue weighted by Crippen LogP contribution is 2.28. The molecule has 1 aromatic carbocycles. The summed E-state index contributed by atoms with van der Waals surface area (Å²) < 4.78 is 5.09. The van der Waals surface area contributed by atoms with E-state index in [-0.39, 0.29) is 16.9 Å². The van der Waals surface area contributed by atoms with E-state index in [9.17, 15) is 14.7 Å². The number of aldehydes is 1. The number of aryl methyl sites for hydroxylation is 1. The van der Waals surface area contributed by atoms with Gasteiger partial charge in [0.05, 0.1) is 5.56 Å². The van der Waals surface area contributed by atoms with E-state index in [1.54, 1.807) is 13.0 Å². The van der Waals surface area contributed by atoms with Gasteiger partial charge in [-0.15, -0.1) is 0 Å². The normalized spacial score (nSPS) is 10.7. The Bertz CT molecular complexity index is 652. The lowest BCUT2D eigenvalue weighted by Crippen LogP contribution is -2.08. The summed E-state index contributed by atoms with van der Waals surface area (Å²) in [5.41, 5.74) is 1.10. The topological polar surface area (TPSA) is 67.5 Å². The third-order valence-corrected chi connectivity index (χ3v) is 2.92. The minimum absolute atomic E-state index is 0.0225.